The predicted molar refractivity (Wildman–Crippen MR) is 65.3 cm³/mol. The summed E-state index contributed by atoms with van der Waals surface area (Å²) in [6, 6.07) is 1.50. The third kappa shape index (κ3) is 3.01. The average molecular weight is 251 g/mol. The highest BCUT2D eigenvalue weighted by atomic mass is 32.2. The first-order valence-electron chi connectivity index (χ1n) is 5.16. The van der Waals surface area contributed by atoms with Crippen molar-refractivity contribution in [3.05, 3.63) is 24.4 Å². The molecule has 1 atom stereocenters. The fraction of sp³-hybridized carbons (Fsp3) is 0.400. The SMILES string of the molecule is CSCC[C@@H](N)c1nc(-c2ncccn2)no1. The molecule has 0 saturated heterocycles. The summed E-state index contributed by atoms with van der Waals surface area (Å²) in [5.41, 5.74) is 5.92. The van der Waals surface area contributed by atoms with E-state index in [1.807, 2.05) is 6.26 Å². The van der Waals surface area contributed by atoms with E-state index in [4.69, 9.17) is 10.3 Å². The van der Waals surface area contributed by atoms with E-state index in [0.29, 0.717) is 17.5 Å². The molecule has 90 valence electrons. The molecule has 2 aromatic rings. The van der Waals surface area contributed by atoms with E-state index in [2.05, 4.69) is 20.1 Å². The van der Waals surface area contributed by atoms with Crippen molar-refractivity contribution in [2.45, 2.75) is 12.5 Å². The van der Waals surface area contributed by atoms with Gasteiger partial charge in [-0.2, -0.15) is 16.7 Å². The van der Waals surface area contributed by atoms with Crippen molar-refractivity contribution < 1.29 is 4.52 Å². The van der Waals surface area contributed by atoms with E-state index in [1.165, 1.54) is 0 Å². The maximum Gasteiger partial charge on any atom is 0.244 e. The molecule has 0 aliphatic rings. The smallest absolute Gasteiger partial charge is 0.244 e. The predicted octanol–water partition coefficient (Wildman–Crippen LogP) is 1.28. The summed E-state index contributed by atoms with van der Waals surface area (Å²) in [5, 5.41) is 3.82. The molecule has 0 spiro atoms. The van der Waals surface area contributed by atoms with Crippen LogP contribution in [0, 0.1) is 0 Å². The van der Waals surface area contributed by atoms with Crippen LogP contribution in [0.4, 0.5) is 0 Å². The summed E-state index contributed by atoms with van der Waals surface area (Å²) in [4.78, 5) is 12.3. The molecule has 0 aromatic carbocycles. The van der Waals surface area contributed by atoms with Gasteiger partial charge in [-0.3, -0.25) is 0 Å². The second kappa shape index (κ2) is 5.74. The van der Waals surface area contributed by atoms with E-state index in [-0.39, 0.29) is 6.04 Å². The molecule has 0 bridgehead atoms. The fourth-order valence-corrected chi connectivity index (χ4v) is 1.75. The van der Waals surface area contributed by atoms with Gasteiger partial charge in [0.2, 0.25) is 17.5 Å². The molecular weight excluding hydrogens is 238 g/mol. The van der Waals surface area contributed by atoms with Gasteiger partial charge in [-0.05, 0) is 24.5 Å². The molecule has 2 aromatic heterocycles. The molecule has 0 aliphatic carbocycles. The van der Waals surface area contributed by atoms with E-state index in [1.54, 1.807) is 30.2 Å². The molecule has 0 fully saturated rings. The van der Waals surface area contributed by atoms with Crippen LogP contribution in [-0.4, -0.2) is 32.1 Å². The van der Waals surface area contributed by atoms with E-state index in [0.717, 1.165) is 12.2 Å². The Balaban J connectivity index is 2.11. The maximum absolute atomic E-state index is 5.92. The molecule has 7 heteroatoms. The summed E-state index contributed by atoms with van der Waals surface area (Å²) in [6.45, 7) is 0. The van der Waals surface area contributed by atoms with Crippen LogP contribution in [0.5, 0.6) is 0 Å². The highest BCUT2D eigenvalue weighted by molar-refractivity contribution is 7.98. The second-order valence-electron chi connectivity index (χ2n) is 3.42. The van der Waals surface area contributed by atoms with E-state index in [9.17, 15) is 0 Å². The van der Waals surface area contributed by atoms with Crippen molar-refractivity contribution in [3.8, 4) is 11.6 Å². The van der Waals surface area contributed by atoms with Gasteiger partial charge >= 0.3 is 0 Å². The molecule has 2 rings (SSSR count). The Morgan fingerprint density at radius 1 is 1.35 bits per heavy atom. The highest BCUT2D eigenvalue weighted by Gasteiger charge is 2.16. The molecular formula is C10H13N5OS. The molecule has 0 aliphatic heterocycles. The molecule has 0 radical (unpaired) electrons. The minimum absolute atomic E-state index is 0.229. The molecule has 0 saturated carbocycles. The zero-order chi connectivity index (χ0) is 12.1. The van der Waals surface area contributed by atoms with Gasteiger partial charge in [-0.15, -0.1) is 0 Å². The lowest BCUT2D eigenvalue weighted by molar-refractivity contribution is 0.353. The Kier molecular flexibility index (Phi) is 4.05. The van der Waals surface area contributed by atoms with Crippen LogP contribution in [0.2, 0.25) is 0 Å². The Bertz CT molecular complexity index is 461. The lowest BCUT2D eigenvalue weighted by Crippen LogP contribution is -2.11. The summed E-state index contributed by atoms with van der Waals surface area (Å²) in [7, 11) is 0. The van der Waals surface area contributed by atoms with Crippen molar-refractivity contribution in [2.24, 2.45) is 5.73 Å². The minimum atomic E-state index is -0.229. The standard InChI is InChI=1S/C10H13N5OS/c1-17-6-3-7(11)10-14-9(15-16-10)8-12-4-2-5-13-8/h2,4-5,7H,3,6,11H2,1H3/t7-/m1/s1. The van der Waals surface area contributed by atoms with Gasteiger partial charge in [-0.25, -0.2) is 9.97 Å². The summed E-state index contributed by atoms with van der Waals surface area (Å²) in [6.07, 6.45) is 6.10. The zero-order valence-electron chi connectivity index (χ0n) is 9.41. The third-order valence-electron chi connectivity index (χ3n) is 2.16. The first-order chi connectivity index (χ1) is 8.31. The Morgan fingerprint density at radius 3 is 2.82 bits per heavy atom. The zero-order valence-corrected chi connectivity index (χ0v) is 10.2. The second-order valence-corrected chi connectivity index (χ2v) is 4.40. The number of rotatable bonds is 5. The number of hydrogen-bond donors (Lipinski definition) is 1. The summed E-state index contributed by atoms with van der Waals surface area (Å²) < 4.78 is 5.10. The van der Waals surface area contributed by atoms with Crippen LogP contribution in [0.15, 0.2) is 23.0 Å². The van der Waals surface area contributed by atoms with E-state index >= 15 is 0 Å². The van der Waals surface area contributed by atoms with Crippen molar-refractivity contribution in [2.75, 3.05) is 12.0 Å². The average Bonchev–Trinajstić information content (AvgIpc) is 2.86. The van der Waals surface area contributed by atoms with Crippen molar-refractivity contribution >= 4 is 11.8 Å². The Labute approximate surface area is 103 Å². The van der Waals surface area contributed by atoms with Gasteiger partial charge < -0.3 is 10.3 Å². The molecule has 2 heterocycles. The van der Waals surface area contributed by atoms with E-state index < -0.39 is 0 Å². The topological polar surface area (TPSA) is 90.7 Å². The van der Waals surface area contributed by atoms with Gasteiger partial charge in [-0.1, -0.05) is 5.16 Å². The molecule has 0 unspecified atom stereocenters. The van der Waals surface area contributed by atoms with Crippen LogP contribution in [0.3, 0.4) is 0 Å². The maximum atomic E-state index is 5.92. The quantitative estimate of drug-likeness (QED) is 0.855. The third-order valence-corrected chi connectivity index (χ3v) is 2.80. The van der Waals surface area contributed by atoms with Crippen LogP contribution in [0.25, 0.3) is 11.6 Å². The monoisotopic (exact) mass is 251 g/mol. The van der Waals surface area contributed by atoms with Crippen LogP contribution >= 0.6 is 11.8 Å². The van der Waals surface area contributed by atoms with Crippen molar-refractivity contribution in [1.82, 2.24) is 20.1 Å². The fourth-order valence-electron chi connectivity index (χ4n) is 1.26. The van der Waals surface area contributed by atoms with Crippen molar-refractivity contribution in [1.29, 1.82) is 0 Å². The normalized spacial score (nSPS) is 12.6. The molecule has 17 heavy (non-hydrogen) atoms. The Hall–Kier alpha value is -1.47. The van der Waals surface area contributed by atoms with Gasteiger partial charge in [0, 0.05) is 12.4 Å². The first kappa shape index (κ1) is 12.0. The highest BCUT2D eigenvalue weighted by Crippen LogP contribution is 2.17. The molecule has 6 nitrogen and oxygen atoms in total. The summed E-state index contributed by atoms with van der Waals surface area (Å²) in [5.74, 6) is 2.21. The minimum Gasteiger partial charge on any atom is -0.337 e. The van der Waals surface area contributed by atoms with Crippen LogP contribution in [-0.2, 0) is 0 Å². The van der Waals surface area contributed by atoms with Gasteiger partial charge in [0.1, 0.15) is 0 Å². The molecule has 2 N–H and O–H groups in total. The number of nitrogens with two attached hydrogens (primary N) is 1. The number of aromatic nitrogens is 4. The van der Waals surface area contributed by atoms with Gasteiger partial charge in [0.05, 0.1) is 6.04 Å². The van der Waals surface area contributed by atoms with Gasteiger partial charge in [0.25, 0.3) is 0 Å². The number of hydrogen-bond acceptors (Lipinski definition) is 7. The molecule has 0 amide bonds. The van der Waals surface area contributed by atoms with Gasteiger partial charge in [0.15, 0.2) is 0 Å². The lowest BCUT2D eigenvalue weighted by Gasteiger charge is -2.03. The number of thioether (sulfide) groups is 1. The first-order valence-corrected chi connectivity index (χ1v) is 6.56. The lowest BCUT2D eigenvalue weighted by atomic mass is 10.2. The van der Waals surface area contributed by atoms with Crippen LogP contribution < -0.4 is 5.73 Å². The van der Waals surface area contributed by atoms with Crippen molar-refractivity contribution in [3.63, 3.8) is 0 Å². The largest absolute Gasteiger partial charge is 0.337 e. The number of nitrogens with zero attached hydrogens (tertiary/aromatic N) is 4. The summed E-state index contributed by atoms with van der Waals surface area (Å²) >= 11 is 1.73. The Morgan fingerprint density at radius 2 is 2.12 bits per heavy atom. The van der Waals surface area contributed by atoms with Crippen LogP contribution in [0.1, 0.15) is 18.4 Å².